The van der Waals surface area contributed by atoms with Crippen LogP contribution in [0.3, 0.4) is 0 Å². The minimum atomic E-state index is -0.132. The van der Waals surface area contributed by atoms with Gasteiger partial charge < -0.3 is 14.2 Å². The maximum Gasteiger partial charge on any atom is 0.266 e. The molecule has 2 unspecified atom stereocenters. The molecule has 3 aromatic rings. The first kappa shape index (κ1) is 25.7. The van der Waals surface area contributed by atoms with E-state index in [2.05, 4.69) is 17.0 Å². The Morgan fingerprint density at radius 1 is 1.03 bits per heavy atom. The van der Waals surface area contributed by atoms with E-state index >= 15 is 0 Å². The van der Waals surface area contributed by atoms with Crippen LogP contribution >= 0.6 is 24.0 Å². The third-order valence-corrected chi connectivity index (χ3v) is 8.26. The van der Waals surface area contributed by atoms with Crippen molar-refractivity contribution in [1.29, 1.82) is 0 Å². The highest BCUT2D eigenvalue weighted by atomic mass is 32.2. The van der Waals surface area contributed by atoms with E-state index in [1.165, 1.54) is 17.3 Å². The Hall–Kier alpha value is -2.94. The number of thioether (sulfide) groups is 1. The molecule has 1 aromatic heterocycles. The molecule has 1 amide bonds. The van der Waals surface area contributed by atoms with Crippen LogP contribution in [0.5, 0.6) is 0 Å². The average molecular weight is 534 g/mol. The van der Waals surface area contributed by atoms with Gasteiger partial charge in [0.05, 0.1) is 33.9 Å². The van der Waals surface area contributed by atoms with E-state index in [4.69, 9.17) is 17.0 Å². The van der Waals surface area contributed by atoms with Gasteiger partial charge in [-0.1, -0.05) is 72.5 Å². The summed E-state index contributed by atoms with van der Waals surface area (Å²) >= 11 is 6.86. The van der Waals surface area contributed by atoms with Crippen LogP contribution in [0, 0.1) is 0 Å². The number of fused-ring (bicyclic) bond motifs is 1. The van der Waals surface area contributed by atoms with Gasteiger partial charge in [0.15, 0.2) is 0 Å². The van der Waals surface area contributed by atoms with Crippen molar-refractivity contribution in [2.45, 2.75) is 38.9 Å². The molecule has 2 fully saturated rings. The highest BCUT2D eigenvalue weighted by Crippen LogP contribution is 2.37. The lowest BCUT2D eigenvalue weighted by Gasteiger charge is -2.38. The van der Waals surface area contributed by atoms with Gasteiger partial charge in [0.1, 0.15) is 4.32 Å². The molecule has 0 aliphatic carbocycles. The molecule has 2 aliphatic heterocycles. The standard InChI is InChI=1S/C29H31N3O3S2/c1-19-17-31(18-20(2)35-19)26-22-13-7-8-14-24(22)30(3)27(33)23(26)16-25-28(34)32(29(36)37-25)15-9-12-21-10-5-4-6-11-21/h4-8,10-11,13-14,16,19-20H,9,12,15,17-18H2,1-3H3. The van der Waals surface area contributed by atoms with Crippen LogP contribution in [0.4, 0.5) is 5.69 Å². The second-order valence-electron chi connectivity index (χ2n) is 9.73. The molecule has 0 spiro atoms. The largest absolute Gasteiger partial charge is 0.372 e. The first-order valence-electron chi connectivity index (χ1n) is 12.6. The van der Waals surface area contributed by atoms with Crippen LogP contribution < -0.4 is 10.5 Å². The summed E-state index contributed by atoms with van der Waals surface area (Å²) in [5, 5.41) is 0.982. The topological polar surface area (TPSA) is 54.8 Å². The predicted octanol–water partition coefficient (Wildman–Crippen LogP) is 4.99. The summed E-state index contributed by atoms with van der Waals surface area (Å²) in [6, 6.07) is 18.2. The van der Waals surface area contributed by atoms with Gasteiger partial charge in [-0.3, -0.25) is 14.5 Å². The van der Waals surface area contributed by atoms with Gasteiger partial charge in [-0.25, -0.2) is 0 Å². The van der Waals surface area contributed by atoms with Crippen LogP contribution in [0.2, 0.25) is 0 Å². The number of nitrogens with zero attached hydrogens (tertiary/aromatic N) is 3. The summed E-state index contributed by atoms with van der Waals surface area (Å²) in [5.41, 5.74) is 3.35. The van der Waals surface area contributed by atoms with E-state index in [0.29, 0.717) is 34.4 Å². The fourth-order valence-electron chi connectivity index (χ4n) is 5.24. The van der Waals surface area contributed by atoms with Crippen molar-refractivity contribution in [3.8, 4) is 0 Å². The van der Waals surface area contributed by atoms with E-state index in [1.54, 1.807) is 22.6 Å². The minimum Gasteiger partial charge on any atom is -0.372 e. The monoisotopic (exact) mass is 533 g/mol. The summed E-state index contributed by atoms with van der Waals surface area (Å²) in [4.78, 5) is 31.5. The highest BCUT2D eigenvalue weighted by Gasteiger charge is 2.33. The molecule has 37 heavy (non-hydrogen) atoms. The van der Waals surface area contributed by atoms with Crippen molar-refractivity contribution in [1.82, 2.24) is 9.47 Å². The number of rotatable bonds is 6. The Morgan fingerprint density at radius 2 is 1.70 bits per heavy atom. The van der Waals surface area contributed by atoms with E-state index in [0.717, 1.165) is 29.4 Å². The van der Waals surface area contributed by atoms with Crippen LogP contribution in [-0.4, -0.2) is 51.5 Å². The number of pyridine rings is 1. The fraction of sp³-hybridized carbons (Fsp3) is 0.345. The minimum absolute atomic E-state index is 0.0299. The first-order valence-corrected chi connectivity index (χ1v) is 13.9. The zero-order valence-corrected chi connectivity index (χ0v) is 23.0. The molecule has 6 nitrogen and oxygen atoms in total. The number of para-hydroxylation sites is 1. The second kappa shape index (κ2) is 10.8. The number of thiocarbonyl (C=S) groups is 1. The van der Waals surface area contributed by atoms with Crippen LogP contribution in [0.15, 0.2) is 64.3 Å². The number of benzene rings is 2. The molecule has 2 aliphatic rings. The number of carbonyl (C=O) groups is 1. The molecule has 0 radical (unpaired) electrons. The Morgan fingerprint density at radius 3 is 2.43 bits per heavy atom. The lowest BCUT2D eigenvalue weighted by atomic mass is 10.0. The molecule has 2 saturated heterocycles. The van der Waals surface area contributed by atoms with Gasteiger partial charge in [-0.15, -0.1) is 0 Å². The molecular weight excluding hydrogens is 502 g/mol. The molecule has 2 aromatic carbocycles. The molecule has 192 valence electrons. The lowest BCUT2D eigenvalue weighted by Crippen LogP contribution is -2.46. The molecular formula is C29H31N3O3S2. The quantitative estimate of drug-likeness (QED) is 0.329. The summed E-state index contributed by atoms with van der Waals surface area (Å²) in [5.74, 6) is -0.132. The van der Waals surface area contributed by atoms with Crippen LogP contribution in [0.1, 0.15) is 31.4 Å². The zero-order valence-electron chi connectivity index (χ0n) is 21.3. The fourth-order valence-corrected chi connectivity index (χ4v) is 6.53. The summed E-state index contributed by atoms with van der Waals surface area (Å²) in [6.45, 7) is 5.99. The van der Waals surface area contributed by atoms with Crippen LogP contribution in [-0.2, 0) is 23.0 Å². The van der Waals surface area contributed by atoms with Crippen molar-refractivity contribution in [3.05, 3.63) is 81.0 Å². The number of hydrogen-bond acceptors (Lipinski definition) is 6. The summed E-state index contributed by atoms with van der Waals surface area (Å²) in [6.07, 6.45) is 3.51. The van der Waals surface area contributed by atoms with Crippen molar-refractivity contribution in [2.75, 3.05) is 24.5 Å². The first-order chi connectivity index (χ1) is 17.8. The molecule has 2 atom stereocenters. The number of amides is 1. The van der Waals surface area contributed by atoms with E-state index < -0.39 is 0 Å². The third kappa shape index (κ3) is 5.23. The van der Waals surface area contributed by atoms with Gasteiger partial charge in [0.25, 0.3) is 11.5 Å². The van der Waals surface area contributed by atoms with Crippen molar-refractivity contribution < 1.29 is 9.53 Å². The Balaban J connectivity index is 1.50. The number of ether oxygens (including phenoxy) is 1. The Labute approximate surface area is 226 Å². The van der Waals surface area contributed by atoms with Gasteiger partial charge in [-0.05, 0) is 44.4 Å². The van der Waals surface area contributed by atoms with Crippen molar-refractivity contribution >= 4 is 56.9 Å². The number of anilines is 1. The number of aromatic nitrogens is 1. The number of carbonyl (C=O) groups excluding carboxylic acids is 1. The number of morpholine rings is 1. The second-order valence-corrected chi connectivity index (χ2v) is 11.4. The maximum atomic E-state index is 13.7. The van der Waals surface area contributed by atoms with E-state index in [9.17, 15) is 9.59 Å². The Kier molecular flexibility index (Phi) is 7.51. The van der Waals surface area contributed by atoms with Crippen LogP contribution in [0.25, 0.3) is 17.0 Å². The van der Waals surface area contributed by atoms with E-state index in [1.807, 2.05) is 56.3 Å². The average Bonchev–Trinajstić information content (AvgIpc) is 3.14. The SMILES string of the molecule is CC1CN(c2c(C=C3SC(=S)N(CCCc4ccccc4)C3=O)c(=O)n(C)c3ccccc23)CC(C)O1. The van der Waals surface area contributed by atoms with Crippen molar-refractivity contribution in [3.63, 3.8) is 0 Å². The normalized spacial score (nSPS) is 21.4. The predicted molar refractivity (Wildman–Crippen MR) is 156 cm³/mol. The Bertz CT molecular complexity index is 1420. The number of aryl methyl sites for hydroxylation is 2. The molecule has 5 rings (SSSR count). The van der Waals surface area contributed by atoms with E-state index in [-0.39, 0.29) is 23.7 Å². The smallest absolute Gasteiger partial charge is 0.266 e. The molecule has 8 heteroatoms. The summed E-state index contributed by atoms with van der Waals surface area (Å²) < 4.78 is 8.17. The molecule has 0 saturated carbocycles. The third-order valence-electron chi connectivity index (χ3n) is 6.89. The molecule has 0 bridgehead atoms. The van der Waals surface area contributed by atoms with Gasteiger partial charge >= 0.3 is 0 Å². The molecule has 3 heterocycles. The highest BCUT2D eigenvalue weighted by molar-refractivity contribution is 8.26. The maximum absolute atomic E-state index is 13.7. The van der Waals surface area contributed by atoms with Crippen molar-refractivity contribution in [2.24, 2.45) is 7.05 Å². The van der Waals surface area contributed by atoms with Gasteiger partial charge in [0.2, 0.25) is 0 Å². The van der Waals surface area contributed by atoms with Gasteiger partial charge in [-0.2, -0.15) is 0 Å². The lowest BCUT2D eigenvalue weighted by molar-refractivity contribution is -0.122. The molecule has 0 N–H and O–H groups in total. The zero-order chi connectivity index (χ0) is 26.1. The number of hydrogen-bond donors (Lipinski definition) is 0. The van der Waals surface area contributed by atoms with Gasteiger partial charge in [0, 0.05) is 32.1 Å². The summed E-state index contributed by atoms with van der Waals surface area (Å²) in [7, 11) is 1.78.